The number of nitrogens with one attached hydrogen (secondary N) is 1. The summed E-state index contributed by atoms with van der Waals surface area (Å²) in [7, 11) is 0. The summed E-state index contributed by atoms with van der Waals surface area (Å²) in [6.45, 7) is 4.89. The van der Waals surface area contributed by atoms with Gasteiger partial charge in [-0.15, -0.1) is 0 Å². The second-order valence-corrected chi connectivity index (χ2v) is 8.18. The lowest BCUT2D eigenvalue weighted by molar-refractivity contribution is -0.194. The zero-order valence-electron chi connectivity index (χ0n) is 15.4. The van der Waals surface area contributed by atoms with Crippen molar-refractivity contribution in [1.82, 2.24) is 15.1 Å². The lowest BCUT2D eigenvalue weighted by atomic mass is 9.60. The van der Waals surface area contributed by atoms with Crippen molar-refractivity contribution >= 4 is 11.9 Å². The number of aliphatic hydroxyl groups is 1. The van der Waals surface area contributed by atoms with Gasteiger partial charge >= 0.3 is 6.03 Å². The third-order valence-corrected chi connectivity index (χ3v) is 5.91. The molecule has 0 radical (unpaired) electrons. The number of nitrogens with zero attached hydrogens (tertiary/aromatic N) is 2. The highest BCUT2D eigenvalue weighted by Gasteiger charge is 2.68. The van der Waals surface area contributed by atoms with Gasteiger partial charge in [0.2, 0.25) is 5.91 Å². The molecule has 2 atom stereocenters. The summed E-state index contributed by atoms with van der Waals surface area (Å²) in [5.74, 6) is 0.329. The van der Waals surface area contributed by atoms with Gasteiger partial charge in [-0.3, -0.25) is 4.79 Å². The predicted octanol–water partition coefficient (Wildman–Crippen LogP) is 1.56. The van der Waals surface area contributed by atoms with Crippen molar-refractivity contribution in [3.05, 3.63) is 35.9 Å². The minimum absolute atomic E-state index is 0.0437. The van der Waals surface area contributed by atoms with Crippen LogP contribution in [0.25, 0.3) is 0 Å². The molecule has 26 heavy (non-hydrogen) atoms. The Morgan fingerprint density at radius 3 is 2.42 bits per heavy atom. The lowest BCUT2D eigenvalue weighted by Gasteiger charge is -2.70. The molecule has 1 aromatic carbocycles. The summed E-state index contributed by atoms with van der Waals surface area (Å²) in [4.78, 5) is 28.9. The molecule has 0 bridgehead atoms. The van der Waals surface area contributed by atoms with Crippen molar-refractivity contribution < 1.29 is 14.7 Å². The maximum Gasteiger partial charge on any atom is 0.317 e. The molecule has 6 nitrogen and oxygen atoms in total. The molecule has 2 aliphatic heterocycles. The first-order chi connectivity index (χ1) is 12.5. The van der Waals surface area contributed by atoms with Crippen molar-refractivity contribution in [2.24, 2.45) is 5.92 Å². The van der Waals surface area contributed by atoms with Gasteiger partial charge in [-0.2, -0.15) is 0 Å². The Morgan fingerprint density at radius 2 is 1.88 bits per heavy atom. The Balaban J connectivity index is 1.60. The fraction of sp³-hybridized carbons (Fsp3) is 0.600. The monoisotopic (exact) mass is 357 g/mol. The van der Waals surface area contributed by atoms with Crippen molar-refractivity contribution in [2.45, 2.75) is 50.2 Å². The SMILES string of the molecule is CC(C)NC(=O)N1CC2(C1)[C@@H](c1ccccc1)[C@H](CO)N2C(=O)C1CC1. The van der Waals surface area contributed by atoms with Crippen molar-refractivity contribution in [3.8, 4) is 0 Å². The van der Waals surface area contributed by atoms with E-state index in [9.17, 15) is 14.7 Å². The quantitative estimate of drug-likeness (QED) is 0.859. The Bertz CT molecular complexity index is 696. The molecule has 2 N–H and O–H groups in total. The molecule has 3 amide bonds. The number of carbonyl (C=O) groups excluding carboxylic acids is 2. The first kappa shape index (κ1) is 17.3. The minimum atomic E-state index is -0.372. The van der Waals surface area contributed by atoms with E-state index in [1.807, 2.05) is 36.9 Å². The molecule has 1 aromatic rings. The highest BCUT2D eigenvalue weighted by Crippen LogP contribution is 2.55. The molecule has 2 heterocycles. The van der Waals surface area contributed by atoms with Crippen molar-refractivity contribution in [3.63, 3.8) is 0 Å². The number of hydrogen-bond donors (Lipinski definition) is 2. The van der Waals surface area contributed by atoms with Gasteiger partial charge in [0.05, 0.1) is 18.2 Å². The predicted molar refractivity (Wildman–Crippen MR) is 97.6 cm³/mol. The summed E-state index contributed by atoms with van der Waals surface area (Å²) in [5, 5.41) is 12.9. The van der Waals surface area contributed by atoms with Crippen LogP contribution in [0.4, 0.5) is 4.79 Å². The minimum Gasteiger partial charge on any atom is -0.394 e. The van der Waals surface area contributed by atoms with E-state index in [1.54, 1.807) is 4.90 Å². The molecular formula is C20H27N3O3. The molecule has 0 unspecified atom stereocenters. The van der Waals surface area contributed by atoms with Crippen LogP contribution in [0.15, 0.2) is 30.3 Å². The van der Waals surface area contributed by atoms with Crippen LogP contribution >= 0.6 is 0 Å². The van der Waals surface area contributed by atoms with Crippen LogP contribution in [0.5, 0.6) is 0 Å². The zero-order chi connectivity index (χ0) is 18.5. The van der Waals surface area contributed by atoms with Crippen LogP contribution < -0.4 is 5.32 Å². The summed E-state index contributed by atoms with van der Waals surface area (Å²) >= 11 is 0. The van der Waals surface area contributed by atoms with E-state index in [2.05, 4.69) is 17.4 Å². The van der Waals surface area contributed by atoms with Crippen molar-refractivity contribution in [1.29, 1.82) is 0 Å². The third kappa shape index (κ3) is 2.58. The van der Waals surface area contributed by atoms with E-state index in [4.69, 9.17) is 0 Å². The number of likely N-dealkylation sites (tertiary alicyclic amines) is 2. The summed E-state index contributed by atoms with van der Waals surface area (Å²) in [5.41, 5.74) is 0.762. The Morgan fingerprint density at radius 1 is 1.23 bits per heavy atom. The van der Waals surface area contributed by atoms with Crippen LogP contribution in [0, 0.1) is 5.92 Å². The van der Waals surface area contributed by atoms with Gasteiger partial charge in [0.25, 0.3) is 0 Å². The number of hydrogen-bond acceptors (Lipinski definition) is 3. The van der Waals surface area contributed by atoms with Gasteiger partial charge in [0.1, 0.15) is 0 Å². The summed E-state index contributed by atoms with van der Waals surface area (Å²) in [6, 6.07) is 9.88. The molecular weight excluding hydrogens is 330 g/mol. The normalized spacial score (nSPS) is 26.5. The third-order valence-electron chi connectivity index (χ3n) is 5.91. The maximum atomic E-state index is 12.9. The number of rotatable bonds is 4. The summed E-state index contributed by atoms with van der Waals surface area (Å²) in [6.07, 6.45) is 1.88. The second-order valence-electron chi connectivity index (χ2n) is 8.18. The number of urea groups is 1. The topological polar surface area (TPSA) is 72.9 Å². The van der Waals surface area contributed by atoms with E-state index >= 15 is 0 Å². The Hall–Kier alpha value is -2.08. The lowest BCUT2D eigenvalue weighted by Crippen LogP contribution is -2.86. The smallest absolute Gasteiger partial charge is 0.317 e. The highest BCUT2D eigenvalue weighted by atomic mass is 16.3. The molecule has 3 aliphatic rings. The molecule has 4 rings (SSSR count). The van der Waals surface area contributed by atoms with Crippen LogP contribution in [-0.2, 0) is 4.79 Å². The molecule has 1 saturated carbocycles. The van der Waals surface area contributed by atoms with E-state index in [0.29, 0.717) is 13.1 Å². The van der Waals surface area contributed by atoms with Crippen LogP contribution in [-0.4, -0.2) is 64.2 Å². The number of aliphatic hydroxyl groups excluding tert-OH is 1. The van der Waals surface area contributed by atoms with E-state index in [1.165, 1.54) is 0 Å². The van der Waals surface area contributed by atoms with Crippen LogP contribution in [0.3, 0.4) is 0 Å². The molecule has 140 valence electrons. The number of benzene rings is 1. The van der Waals surface area contributed by atoms with Crippen LogP contribution in [0.1, 0.15) is 38.2 Å². The van der Waals surface area contributed by atoms with Gasteiger partial charge in [0, 0.05) is 31.0 Å². The first-order valence-electron chi connectivity index (χ1n) is 9.52. The van der Waals surface area contributed by atoms with E-state index < -0.39 is 0 Å². The van der Waals surface area contributed by atoms with Crippen LogP contribution in [0.2, 0.25) is 0 Å². The molecule has 1 aliphatic carbocycles. The first-order valence-corrected chi connectivity index (χ1v) is 9.52. The molecule has 3 fully saturated rings. The Kier molecular flexibility index (Phi) is 4.18. The maximum absolute atomic E-state index is 12.9. The fourth-order valence-electron chi connectivity index (χ4n) is 4.64. The molecule has 1 spiro atoms. The average Bonchev–Trinajstić information content (AvgIpc) is 3.38. The van der Waals surface area contributed by atoms with Gasteiger partial charge in [-0.25, -0.2) is 4.79 Å². The van der Waals surface area contributed by atoms with E-state index in [0.717, 1.165) is 18.4 Å². The second kappa shape index (κ2) is 6.27. The van der Waals surface area contributed by atoms with Gasteiger partial charge < -0.3 is 20.2 Å². The highest BCUT2D eigenvalue weighted by molar-refractivity contribution is 5.85. The molecule has 6 heteroatoms. The molecule has 2 saturated heterocycles. The fourth-order valence-corrected chi connectivity index (χ4v) is 4.64. The Labute approximate surface area is 154 Å². The van der Waals surface area contributed by atoms with E-state index in [-0.39, 0.29) is 48.0 Å². The number of amides is 3. The number of carbonyl (C=O) groups is 2. The van der Waals surface area contributed by atoms with Gasteiger partial charge in [-0.1, -0.05) is 30.3 Å². The summed E-state index contributed by atoms with van der Waals surface area (Å²) < 4.78 is 0. The average molecular weight is 357 g/mol. The molecule has 0 aromatic heterocycles. The largest absolute Gasteiger partial charge is 0.394 e. The standard InChI is InChI=1S/C20H27N3O3/c1-13(2)21-19(26)22-11-20(12-22)17(14-6-4-3-5-7-14)16(10-24)23(20)18(25)15-8-9-15/h3-7,13,15-17,24H,8-12H2,1-2H3,(H,21,26)/t16-,17-/m0/s1. The van der Waals surface area contributed by atoms with Gasteiger partial charge in [0.15, 0.2) is 0 Å². The van der Waals surface area contributed by atoms with Crippen molar-refractivity contribution in [2.75, 3.05) is 19.7 Å². The van der Waals surface area contributed by atoms with Gasteiger partial charge in [-0.05, 0) is 32.3 Å². The zero-order valence-corrected chi connectivity index (χ0v) is 15.4.